The van der Waals surface area contributed by atoms with Gasteiger partial charge in [-0.05, 0) is 13.3 Å². The summed E-state index contributed by atoms with van der Waals surface area (Å²) >= 11 is 0. The molecule has 0 unspecified atom stereocenters. The molecule has 1 amide bonds. The number of hydrogen-bond acceptors (Lipinski definition) is 2. The van der Waals surface area contributed by atoms with E-state index in [0.29, 0.717) is 13.0 Å². The zero-order chi connectivity index (χ0) is 17.3. The lowest BCUT2D eigenvalue weighted by molar-refractivity contribution is -0.144. The van der Waals surface area contributed by atoms with Gasteiger partial charge in [0.1, 0.15) is 6.54 Å². The van der Waals surface area contributed by atoms with Crippen LogP contribution in [-0.4, -0.2) is 35.0 Å². The van der Waals surface area contributed by atoms with Crippen LogP contribution in [0.3, 0.4) is 0 Å². The molecule has 1 N–H and O–H groups in total. The molecule has 0 aromatic carbocycles. The monoisotopic (exact) mass is 327 g/mol. The Labute approximate surface area is 142 Å². The highest BCUT2D eigenvalue weighted by Gasteiger charge is 2.13. The number of likely N-dealkylation sites (N-methyl/N-ethyl adjacent to an activating group) is 1. The highest BCUT2D eigenvalue weighted by atomic mass is 16.4. The molecule has 136 valence electrons. The normalized spacial score (nSPS) is 10.7. The highest BCUT2D eigenvalue weighted by molar-refractivity contribution is 5.81. The zero-order valence-corrected chi connectivity index (χ0v) is 15.3. The van der Waals surface area contributed by atoms with Crippen LogP contribution in [0.25, 0.3) is 0 Å². The molecule has 0 bridgehead atoms. The molecule has 0 radical (unpaired) electrons. The van der Waals surface area contributed by atoms with Crippen molar-refractivity contribution >= 4 is 11.9 Å². The summed E-state index contributed by atoms with van der Waals surface area (Å²) in [6.07, 6.45) is 15.8. The van der Waals surface area contributed by atoms with Crippen LogP contribution in [0.1, 0.15) is 97.3 Å². The minimum atomic E-state index is -0.935. The summed E-state index contributed by atoms with van der Waals surface area (Å²) in [5, 5.41) is 8.74. The van der Waals surface area contributed by atoms with Crippen molar-refractivity contribution in [1.29, 1.82) is 0 Å². The van der Waals surface area contributed by atoms with Gasteiger partial charge in [-0.2, -0.15) is 0 Å². The first-order valence-electron chi connectivity index (χ1n) is 9.61. The molecular weight excluding hydrogens is 290 g/mol. The maximum atomic E-state index is 11.9. The minimum Gasteiger partial charge on any atom is -0.480 e. The summed E-state index contributed by atoms with van der Waals surface area (Å²) in [5.74, 6) is -0.961. The number of aliphatic carboxylic acids is 1. The lowest BCUT2D eigenvalue weighted by atomic mass is 10.0. The fraction of sp³-hybridized carbons (Fsp3) is 0.895. The third-order valence-electron chi connectivity index (χ3n) is 4.30. The van der Waals surface area contributed by atoms with Crippen molar-refractivity contribution < 1.29 is 14.7 Å². The molecule has 0 aromatic rings. The fourth-order valence-corrected chi connectivity index (χ4v) is 2.81. The van der Waals surface area contributed by atoms with Crippen molar-refractivity contribution in [1.82, 2.24) is 4.90 Å². The van der Waals surface area contributed by atoms with Gasteiger partial charge in [-0.1, -0.05) is 77.6 Å². The molecule has 0 aliphatic carbocycles. The van der Waals surface area contributed by atoms with E-state index in [2.05, 4.69) is 6.92 Å². The van der Waals surface area contributed by atoms with Crippen LogP contribution in [0.5, 0.6) is 0 Å². The molecule has 0 spiro atoms. The van der Waals surface area contributed by atoms with Crippen molar-refractivity contribution in [3.63, 3.8) is 0 Å². The van der Waals surface area contributed by atoms with Gasteiger partial charge in [0.2, 0.25) is 5.91 Å². The molecule has 0 fully saturated rings. The van der Waals surface area contributed by atoms with Crippen molar-refractivity contribution in [2.24, 2.45) is 0 Å². The van der Waals surface area contributed by atoms with E-state index in [1.54, 1.807) is 0 Å². The number of carbonyl (C=O) groups is 2. The van der Waals surface area contributed by atoms with Gasteiger partial charge < -0.3 is 10.0 Å². The lowest BCUT2D eigenvalue weighted by Gasteiger charge is -2.18. The summed E-state index contributed by atoms with van der Waals surface area (Å²) in [4.78, 5) is 23.9. The smallest absolute Gasteiger partial charge is 0.323 e. The van der Waals surface area contributed by atoms with Crippen LogP contribution in [0, 0.1) is 0 Å². The van der Waals surface area contributed by atoms with Crippen LogP contribution in [0.2, 0.25) is 0 Å². The van der Waals surface area contributed by atoms with E-state index in [4.69, 9.17) is 5.11 Å². The Morgan fingerprint density at radius 3 is 1.57 bits per heavy atom. The van der Waals surface area contributed by atoms with E-state index in [0.717, 1.165) is 12.8 Å². The molecule has 0 rings (SSSR count). The maximum Gasteiger partial charge on any atom is 0.323 e. The van der Waals surface area contributed by atoms with Gasteiger partial charge >= 0.3 is 5.97 Å². The topological polar surface area (TPSA) is 57.6 Å². The molecule has 0 aromatic heterocycles. The van der Waals surface area contributed by atoms with E-state index < -0.39 is 5.97 Å². The van der Waals surface area contributed by atoms with E-state index in [-0.39, 0.29) is 12.5 Å². The van der Waals surface area contributed by atoms with Crippen molar-refractivity contribution in [2.45, 2.75) is 97.3 Å². The lowest BCUT2D eigenvalue weighted by Crippen LogP contribution is -2.35. The number of hydrogen-bond donors (Lipinski definition) is 1. The Balaban J connectivity index is 3.38. The Hall–Kier alpha value is -1.06. The summed E-state index contributed by atoms with van der Waals surface area (Å²) in [6, 6.07) is 0. The predicted octanol–water partition coefficient (Wildman–Crippen LogP) is 5.01. The van der Waals surface area contributed by atoms with Crippen LogP contribution in [-0.2, 0) is 9.59 Å². The first-order valence-corrected chi connectivity index (χ1v) is 9.61. The summed E-state index contributed by atoms with van der Waals surface area (Å²) in [7, 11) is 0. The van der Waals surface area contributed by atoms with E-state index >= 15 is 0 Å². The first kappa shape index (κ1) is 21.9. The molecular formula is C19H37NO3. The molecule has 0 aliphatic heterocycles. The van der Waals surface area contributed by atoms with Crippen LogP contribution >= 0.6 is 0 Å². The standard InChI is InChI=1S/C19H37NO3/c1-3-5-6-7-8-9-10-11-12-13-14-15-16-18(21)20(4-2)17-19(22)23/h3-17H2,1-2H3,(H,22,23). The minimum absolute atomic E-state index is 0.0259. The van der Waals surface area contributed by atoms with Crippen LogP contribution in [0.4, 0.5) is 0 Å². The third kappa shape index (κ3) is 14.3. The molecule has 0 atom stereocenters. The zero-order valence-electron chi connectivity index (χ0n) is 15.3. The average Bonchev–Trinajstić information content (AvgIpc) is 2.53. The number of nitrogens with zero attached hydrogens (tertiary/aromatic N) is 1. The van der Waals surface area contributed by atoms with Crippen LogP contribution < -0.4 is 0 Å². The van der Waals surface area contributed by atoms with Gasteiger partial charge in [0.05, 0.1) is 0 Å². The quantitative estimate of drug-likeness (QED) is 0.405. The fourth-order valence-electron chi connectivity index (χ4n) is 2.81. The van der Waals surface area contributed by atoms with E-state index in [9.17, 15) is 9.59 Å². The Morgan fingerprint density at radius 1 is 0.739 bits per heavy atom. The van der Waals surface area contributed by atoms with E-state index in [1.165, 1.54) is 69.1 Å². The molecule has 0 heterocycles. The second kappa shape index (κ2) is 15.8. The average molecular weight is 328 g/mol. The number of carboxylic acids is 1. The SMILES string of the molecule is CCCCCCCCCCCCCCC(=O)N(CC)CC(=O)O. The van der Waals surface area contributed by atoms with Gasteiger partial charge in [0.25, 0.3) is 0 Å². The largest absolute Gasteiger partial charge is 0.480 e. The van der Waals surface area contributed by atoms with Gasteiger partial charge in [-0.15, -0.1) is 0 Å². The Morgan fingerprint density at radius 2 is 1.17 bits per heavy atom. The van der Waals surface area contributed by atoms with Gasteiger partial charge in [0.15, 0.2) is 0 Å². The Kier molecular flexibility index (Phi) is 15.1. The second-order valence-electron chi connectivity index (χ2n) is 6.44. The molecule has 4 heteroatoms. The van der Waals surface area contributed by atoms with Crippen molar-refractivity contribution in [3.8, 4) is 0 Å². The summed E-state index contributed by atoms with van der Waals surface area (Å²) in [6.45, 7) is 4.37. The molecule has 0 saturated heterocycles. The van der Waals surface area contributed by atoms with Crippen LogP contribution in [0.15, 0.2) is 0 Å². The number of unbranched alkanes of at least 4 members (excludes halogenated alkanes) is 11. The molecule has 0 aliphatic rings. The number of amides is 1. The first-order chi connectivity index (χ1) is 11.1. The molecule has 23 heavy (non-hydrogen) atoms. The van der Waals surface area contributed by atoms with E-state index in [1.807, 2.05) is 6.92 Å². The number of carboxylic acid groups (broad SMARTS) is 1. The van der Waals surface area contributed by atoms with Gasteiger partial charge in [-0.25, -0.2) is 0 Å². The second-order valence-corrected chi connectivity index (χ2v) is 6.44. The van der Waals surface area contributed by atoms with Crippen molar-refractivity contribution in [3.05, 3.63) is 0 Å². The number of rotatable bonds is 16. The molecule has 4 nitrogen and oxygen atoms in total. The van der Waals surface area contributed by atoms with Crippen molar-refractivity contribution in [2.75, 3.05) is 13.1 Å². The molecule has 0 saturated carbocycles. The predicted molar refractivity (Wildman–Crippen MR) is 95.6 cm³/mol. The number of carbonyl (C=O) groups excluding carboxylic acids is 1. The van der Waals surface area contributed by atoms with Gasteiger partial charge in [-0.3, -0.25) is 9.59 Å². The summed E-state index contributed by atoms with van der Waals surface area (Å²) in [5.41, 5.74) is 0. The third-order valence-corrected chi connectivity index (χ3v) is 4.30. The maximum absolute atomic E-state index is 11.9. The van der Waals surface area contributed by atoms with Gasteiger partial charge in [0, 0.05) is 13.0 Å². The summed E-state index contributed by atoms with van der Waals surface area (Å²) < 4.78 is 0. The Bertz CT molecular complexity index is 305. The highest BCUT2D eigenvalue weighted by Crippen LogP contribution is 2.12.